The van der Waals surface area contributed by atoms with Crippen molar-refractivity contribution in [1.29, 1.82) is 0 Å². The van der Waals surface area contributed by atoms with Crippen LogP contribution < -0.4 is 0 Å². The second kappa shape index (κ2) is 28.4. The molecule has 0 saturated carbocycles. The summed E-state index contributed by atoms with van der Waals surface area (Å²) < 4.78 is 0. The van der Waals surface area contributed by atoms with Crippen LogP contribution in [0.15, 0.2) is 170 Å². The maximum Gasteiger partial charge on any atom is 0.0150 e. The van der Waals surface area contributed by atoms with Gasteiger partial charge in [-0.25, -0.2) is 0 Å². The van der Waals surface area contributed by atoms with Crippen molar-refractivity contribution < 1.29 is 0 Å². The van der Waals surface area contributed by atoms with Crippen molar-refractivity contribution in [3.05, 3.63) is 237 Å². The van der Waals surface area contributed by atoms with Crippen LogP contribution in [0, 0.1) is 34.0 Å². The molecule has 440 valence electrons. The van der Waals surface area contributed by atoms with Crippen molar-refractivity contribution in [1.82, 2.24) is 0 Å². The Bertz CT molecular complexity index is 3010. The molecule has 0 heterocycles. The van der Waals surface area contributed by atoms with E-state index in [9.17, 15) is 0 Å². The maximum atomic E-state index is 2.39. The lowest BCUT2D eigenvalue weighted by Gasteiger charge is -2.39. The average molecular weight is 1100 g/mol. The van der Waals surface area contributed by atoms with Crippen LogP contribution in [-0.2, 0) is 19.3 Å². The van der Waals surface area contributed by atoms with Gasteiger partial charge in [0.15, 0.2) is 0 Å². The topological polar surface area (TPSA) is 0 Å². The monoisotopic (exact) mass is 1100 g/mol. The highest BCUT2D eigenvalue weighted by atomic mass is 14.4. The zero-order valence-electron chi connectivity index (χ0n) is 55.5. The second-order valence-corrected chi connectivity index (χ2v) is 29.4. The first-order valence-corrected chi connectivity index (χ1v) is 32.4. The SMILES string of the molecule is CC.CC.CC(C)(C)C1CCC(c2ccccc2)c2ccccc21.CC(C)(C)C1CCCc2ccccc21.CC(C)(C)C1CCc2ccccc21.CC(C)(C)C1c2ccccc2-c2ccccc21.Cc1ccc2c(c1)C(C(C)(C)C)CC2. The van der Waals surface area contributed by atoms with Gasteiger partial charge >= 0.3 is 0 Å². The summed E-state index contributed by atoms with van der Waals surface area (Å²) >= 11 is 0. The van der Waals surface area contributed by atoms with Crippen LogP contribution in [0.5, 0.6) is 0 Å². The van der Waals surface area contributed by atoms with Gasteiger partial charge in [0.25, 0.3) is 0 Å². The molecule has 7 aromatic rings. The number of rotatable bonds is 1. The molecular formula is C82H112. The van der Waals surface area contributed by atoms with Crippen molar-refractivity contribution in [3.63, 3.8) is 0 Å². The average Bonchev–Trinajstić information content (AvgIpc) is 3.76. The summed E-state index contributed by atoms with van der Waals surface area (Å²) in [5, 5.41) is 0. The maximum absolute atomic E-state index is 2.39. The van der Waals surface area contributed by atoms with E-state index in [0.29, 0.717) is 39.4 Å². The molecule has 0 nitrogen and oxygen atoms in total. The molecule has 5 aliphatic carbocycles. The molecule has 0 spiro atoms. The fraction of sp³-hybridized carbons (Fsp3) is 0.488. The number of benzene rings is 7. The molecule has 0 bridgehead atoms. The van der Waals surface area contributed by atoms with Crippen LogP contribution in [0.1, 0.15) is 272 Å². The molecule has 0 radical (unpaired) electrons. The predicted octanol–water partition coefficient (Wildman–Crippen LogP) is 24.6. The van der Waals surface area contributed by atoms with Gasteiger partial charge in [-0.15, -0.1) is 0 Å². The Morgan fingerprint density at radius 3 is 1.13 bits per heavy atom. The Morgan fingerprint density at radius 1 is 0.293 bits per heavy atom. The number of aryl methyl sites for hydroxylation is 4. The van der Waals surface area contributed by atoms with Crippen LogP contribution in [0.2, 0.25) is 0 Å². The normalized spacial score (nSPS) is 19.3. The minimum Gasteiger partial charge on any atom is -0.0683 e. The molecule has 0 heteroatoms. The first kappa shape index (κ1) is 65.7. The highest BCUT2D eigenvalue weighted by Gasteiger charge is 2.38. The lowest BCUT2D eigenvalue weighted by atomic mass is 9.65. The van der Waals surface area contributed by atoms with Crippen molar-refractivity contribution in [3.8, 4) is 11.1 Å². The Kier molecular flexibility index (Phi) is 22.8. The van der Waals surface area contributed by atoms with Gasteiger partial charge in [-0.3, -0.25) is 0 Å². The Hall–Kier alpha value is -5.46. The van der Waals surface area contributed by atoms with Gasteiger partial charge in [-0.1, -0.05) is 307 Å². The molecule has 5 atom stereocenters. The van der Waals surface area contributed by atoms with Gasteiger partial charge in [0.05, 0.1) is 0 Å². The Labute approximate surface area is 503 Å². The summed E-state index contributed by atoms with van der Waals surface area (Å²) in [6.45, 7) is 45.5. The zero-order chi connectivity index (χ0) is 60.2. The first-order chi connectivity index (χ1) is 38.8. The van der Waals surface area contributed by atoms with Crippen LogP contribution in [0.4, 0.5) is 0 Å². The fourth-order valence-electron chi connectivity index (χ4n) is 14.5. The largest absolute Gasteiger partial charge is 0.0683 e. The highest BCUT2D eigenvalue weighted by molar-refractivity contribution is 5.79. The summed E-state index contributed by atoms with van der Waals surface area (Å²) in [7, 11) is 0. The first-order valence-electron chi connectivity index (χ1n) is 32.4. The summed E-state index contributed by atoms with van der Waals surface area (Å²) in [6.07, 6.45) is 11.8. The van der Waals surface area contributed by atoms with E-state index in [-0.39, 0.29) is 5.41 Å². The van der Waals surface area contributed by atoms with E-state index in [2.05, 4.69) is 281 Å². The van der Waals surface area contributed by atoms with Gasteiger partial charge in [0.1, 0.15) is 0 Å². The summed E-state index contributed by atoms with van der Waals surface area (Å²) in [5.41, 5.74) is 23.2. The molecule has 0 N–H and O–H groups in total. The molecule has 0 amide bonds. The van der Waals surface area contributed by atoms with Gasteiger partial charge in [0.2, 0.25) is 0 Å². The molecule has 0 saturated heterocycles. The third-order valence-corrected chi connectivity index (χ3v) is 18.5. The third-order valence-electron chi connectivity index (χ3n) is 18.5. The molecule has 12 rings (SSSR count). The molecule has 5 aliphatic rings. The fourth-order valence-corrected chi connectivity index (χ4v) is 14.5. The van der Waals surface area contributed by atoms with E-state index in [1.54, 1.807) is 44.5 Å². The molecular weight excluding hydrogens is 985 g/mol. The number of hydrogen-bond donors (Lipinski definition) is 0. The van der Waals surface area contributed by atoms with Crippen LogP contribution >= 0.6 is 0 Å². The van der Waals surface area contributed by atoms with Crippen LogP contribution in [0.3, 0.4) is 0 Å². The standard InChI is InChI=1S/C20H24.C17H18.2C14H20.C13H18.2C2H6/c1-20(2,3)19-14-13-16(15-9-5-4-6-10-15)17-11-7-8-12-18(17)19;1-17(2,3)16-14-10-6-4-8-12(14)13-9-5-7-11-15(13)16;1-10-5-6-11-7-8-13(12(11)9-10)14(2,3)4;1-14(2,3)13-10-6-8-11-7-4-5-9-12(11)13;1-13(2,3)12-9-8-10-6-4-5-7-11(10)12;2*1-2/h4-12,16,19H,13-14H2,1-3H3;4-11,16H,1-3H3;5-6,9,13H,7-8H2,1-4H3;4-5,7,9,13H,6,8,10H2,1-3H3;4-7,12H,8-9H2,1-3H3;2*1-2H3. The number of hydrogen-bond acceptors (Lipinski definition) is 0. The van der Waals surface area contributed by atoms with E-state index >= 15 is 0 Å². The van der Waals surface area contributed by atoms with Crippen LogP contribution in [0.25, 0.3) is 11.1 Å². The van der Waals surface area contributed by atoms with E-state index in [1.807, 2.05) is 27.7 Å². The van der Waals surface area contributed by atoms with Crippen molar-refractivity contribution in [2.45, 2.75) is 232 Å². The minimum absolute atomic E-state index is 0.267. The van der Waals surface area contributed by atoms with Gasteiger partial charge < -0.3 is 0 Å². The summed E-state index contributed by atoms with van der Waals surface area (Å²) in [5.74, 6) is 4.06. The van der Waals surface area contributed by atoms with E-state index in [0.717, 1.165) is 17.8 Å². The molecule has 0 aliphatic heterocycles. The van der Waals surface area contributed by atoms with Gasteiger partial charge in [-0.2, -0.15) is 0 Å². The van der Waals surface area contributed by atoms with E-state index in [4.69, 9.17) is 0 Å². The molecule has 0 fully saturated rings. The molecule has 7 aromatic carbocycles. The Balaban J connectivity index is 0.000000164. The smallest absolute Gasteiger partial charge is 0.0150 e. The second-order valence-electron chi connectivity index (χ2n) is 29.4. The minimum atomic E-state index is 0.267. The number of fused-ring (bicyclic) bond motifs is 7. The molecule has 5 unspecified atom stereocenters. The lowest BCUT2D eigenvalue weighted by molar-refractivity contribution is 0.284. The van der Waals surface area contributed by atoms with Gasteiger partial charge in [-0.05, 0) is 188 Å². The summed E-state index contributed by atoms with van der Waals surface area (Å²) in [6, 6.07) is 62.5. The van der Waals surface area contributed by atoms with Crippen molar-refractivity contribution in [2.75, 3.05) is 0 Å². The van der Waals surface area contributed by atoms with E-state index in [1.165, 1.54) is 91.2 Å². The molecule has 0 aromatic heterocycles. The summed E-state index contributed by atoms with van der Waals surface area (Å²) in [4.78, 5) is 0. The predicted molar refractivity (Wildman–Crippen MR) is 362 cm³/mol. The van der Waals surface area contributed by atoms with Crippen LogP contribution in [-0.4, -0.2) is 0 Å². The Morgan fingerprint density at radius 2 is 0.659 bits per heavy atom. The van der Waals surface area contributed by atoms with Crippen molar-refractivity contribution >= 4 is 0 Å². The van der Waals surface area contributed by atoms with E-state index < -0.39 is 0 Å². The zero-order valence-corrected chi connectivity index (χ0v) is 55.5. The van der Waals surface area contributed by atoms with Crippen molar-refractivity contribution in [2.24, 2.45) is 27.1 Å². The quantitative estimate of drug-likeness (QED) is 0.154. The lowest BCUT2D eigenvalue weighted by Crippen LogP contribution is -2.25. The highest BCUT2D eigenvalue weighted by Crippen LogP contribution is 2.53. The third kappa shape index (κ3) is 16.2. The van der Waals surface area contributed by atoms with Gasteiger partial charge in [0, 0.05) is 11.8 Å². The molecule has 82 heavy (non-hydrogen) atoms.